The van der Waals surface area contributed by atoms with Crippen LogP contribution in [0.5, 0.6) is 5.75 Å². The molecule has 2 saturated carbocycles. The van der Waals surface area contributed by atoms with Crippen molar-refractivity contribution in [2.45, 2.75) is 140 Å². The van der Waals surface area contributed by atoms with Crippen LogP contribution in [-0.4, -0.2) is 54.1 Å². The van der Waals surface area contributed by atoms with Gasteiger partial charge < -0.3 is 24.6 Å². The third-order valence-corrected chi connectivity index (χ3v) is 17.4. The lowest BCUT2D eigenvalue weighted by Gasteiger charge is -2.35. The van der Waals surface area contributed by atoms with Crippen molar-refractivity contribution in [3.8, 4) is 5.75 Å². The van der Waals surface area contributed by atoms with Crippen molar-refractivity contribution >= 4 is 29.6 Å². The highest BCUT2D eigenvalue weighted by Gasteiger charge is 2.49. The molecular formula is C63H77NO7S. The highest BCUT2D eigenvalue weighted by molar-refractivity contribution is 8.00. The largest absolute Gasteiger partial charge is 0.482 e. The van der Waals surface area contributed by atoms with Gasteiger partial charge in [0.2, 0.25) is 5.91 Å². The summed E-state index contributed by atoms with van der Waals surface area (Å²) in [5.74, 6) is 0.813. The summed E-state index contributed by atoms with van der Waals surface area (Å²) in [5, 5.41) is 14.3. The zero-order chi connectivity index (χ0) is 50.0. The zero-order valence-corrected chi connectivity index (χ0v) is 43.3. The van der Waals surface area contributed by atoms with E-state index in [0.717, 1.165) is 107 Å². The monoisotopic (exact) mass is 992 g/mol. The van der Waals surface area contributed by atoms with E-state index in [0.29, 0.717) is 31.6 Å². The van der Waals surface area contributed by atoms with E-state index < -0.39 is 17.8 Å². The molecular weight excluding hydrogens is 915 g/mol. The number of nitrogens with one attached hydrogen (secondary N) is 1. The molecule has 0 aromatic heterocycles. The van der Waals surface area contributed by atoms with Crippen molar-refractivity contribution in [1.29, 1.82) is 0 Å². The Bertz CT molecular complexity index is 2340. The first-order valence-corrected chi connectivity index (χ1v) is 28.2. The molecule has 72 heavy (non-hydrogen) atoms. The molecule has 0 heterocycles. The van der Waals surface area contributed by atoms with Crippen LogP contribution in [0, 0.1) is 29.6 Å². The van der Waals surface area contributed by atoms with Gasteiger partial charge in [0.25, 0.3) is 0 Å². The molecule has 382 valence electrons. The minimum absolute atomic E-state index is 0.0238. The normalized spacial score (nSPS) is 20.9. The SMILES string of the molecule is CCCCC[C@H](O)CC[C@@H]1[C@H]2Cc3cccc(OCC(=O)OCc4ccccc4)c3C[C@H]2C[C@H]1OC(=O)[C@@H]1CCCC[C@@H]1C(=O)NCCCCCCSC(c1ccccc1)(c1ccccc1)c1ccccc1. The first-order chi connectivity index (χ1) is 35.3. The van der Waals surface area contributed by atoms with Crippen LogP contribution in [0.15, 0.2) is 140 Å². The van der Waals surface area contributed by atoms with Crippen molar-refractivity contribution < 1.29 is 33.7 Å². The molecule has 8 nitrogen and oxygen atoms in total. The van der Waals surface area contributed by atoms with Gasteiger partial charge in [0.05, 0.1) is 22.7 Å². The van der Waals surface area contributed by atoms with Gasteiger partial charge in [-0.1, -0.05) is 185 Å². The topological polar surface area (TPSA) is 111 Å². The standard InChI is InChI=1S/C63H77NO7S/c1-2-3-10-33-52(65)37-38-53-56-41-47-26-23-36-58(69-45-60(66)70-44-46-24-11-6-12-25-46)57(47)42-48(56)43-59(53)71-62(68)55-35-20-19-34-54(55)61(67)64-39-21-4-5-22-40-72-63(49-27-13-7-14-28-49,50-29-15-8-16-30-50)51-31-17-9-18-32-51/h6-9,11-18,23-32,36,48,52-56,59,65H,2-5,10,19-22,33-35,37-45H2,1H3,(H,64,67)/t48-,52-,53+,54-,55+,56-,59+/m0/s1. The van der Waals surface area contributed by atoms with Crippen molar-refractivity contribution in [3.05, 3.63) is 173 Å². The van der Waals surface area contributed by atoms with Gasteiger partial charge in [0, 0.05) is 6.54 Å². The second-order valence-electron chi connectivity index (χ2n) is 20.6. The van der Waals surface area contributed by atoms with E-state index in [1.165, 1.54) is 22.3 Å². The van der Waals surface area contributed by atoms with Gasteiger partial charge in [0.15, 0.2) is 6.61 Å². The van der Waals surface area contributed by atoms with Gasteiger partial charge in [0.1, 0.15) is 18.5 Å². The fourth-order valence-electron chi connectivity index (χ4n) is 12.0. The zero-order valence-electron chi connectivity index (χ0n) is 42.5. The minimum atomic E-state index is -0.461. The minimum Gasteiger partial charge on any atom is -0.482 e. The molecule has 0 bridgehead atoms. The number of ether oxygens (including phenoxy) is 3. The Morgan fingerprint density at radius 2 is 1.35 bits per heavy atom. The summed E-state index contributed by atoms with van der Waals surface area (Å²) < 4.78 is 17.9. The van der Waals surface area contributed by atoms with E-state index in [1.807, 2.05) is 54.2 Å². The molecule has 2 N–H and O–H groups in total. The fourth-order valence-corrected chi connectivity index (χ4v) is 13.6. The first kappa shape index (κ1) is 52.9. The Kier molecular flexibility index (Phi) is 19.9. The number of aliphatic hydroxyl groups excluding tert-OH is 1. The Morgan fingerprint density at radius 1 is 0.708 bits per heavy atom. The number of unbranched alkanes of at least 4 members (excludes halogenated alkanes) is 5. The van der Waals surface area contributed by atoms with E-state index in [1.54, 1.807) is 0 Å². The molecule has 3 aliphatic rings. The van der Waals surface area contributed by atoms with E-state index in [-0.39, 0.29) is 59.8 Å². The molecule has 9 heteroatoms. The Hall–Kier alpha value is -5.38. The van der Waals surface area contributed by atoms with Crippen LogP contribution in [0.3, 0.4) is 0 Å². The summed E-state index contributed by atoms with van der Waals surface area (Å²) in [5.41, 5.74) is 7.06. The highest BCUT2D eigenvalue weighted by atomic mass is 32.2. The maximum atomic E-state index is 14.4. The summed E-state index contributed by atoms with van der Waals surface area (Å²) >= 11 is 2.00. The molecule has 3 aliphatic carbocycles. The predicted octanol–water partition coefficient (Wildman–Crippen LogP) is 13.0. The fraction of sp³-hybridized carbons (Fsp3) is 0.476. The van der Waals surface area contributed by atoms with Gasteiger partial charge in [-0.2, -0.15) is 0 Å². The quantitative estimate of drug-likeness (QED) is 0.0320. The number of hydrogen-bond donors (Lipinski definition) is 2. The molecule has 1 amide bonds. The summed E-state index contributed by atoms with van der Waals surface area (Å²) in [6.45, 7) is 2.80. The molecule has 2 fully saturated rings. The summed E-state index contributed by atoms with van der Waals surface area (Å²) in [4.78, 5) is 41.1. The number of fused-ring (bicyclic) bond motifs is 2. The van der Waals surface area contributed by atoms with Crippen molar-refractivity contribution in [2.24, 2.45) is 29.6 Å². The van der Waals surface area contributed by atoms with Crippen LogP contribution in [0.2, 0.25) is 0 Å². The molecule has 0 unspecified atom stereocenters. The van der Waals surface area contributed by atoms with Gasteiger partial charge in [-0.15, -0.1) is 11.8 Å². The van der Waals surface area contributed by atoms with Gasteiger partial charge in [-0.25, -0.2) is 4.79 Å². The molecule has 7 atom stereocenters. The smallest absolute Gasteiger partial charge is 0.344 e. The Morgan fingerprint density at radius 3 is 2.01 bits per heavy atom. The molecule has 5 aromatic carbocycles. The number of rotatable bonds is 26. The van der Waals surface area contributed by atoms with Gasteiger partial charge in [-0.05, 0) is 127 Å². The molecule has 8 rings (SSSR count). The number of hydrogen-bond acceptors (Lipinski definition) is 8. The van der Waals surface area contributed by atoms with Crippen molar-refractivity contribution in [1.82, 2.24) is 5.32 Å². The molecule has 0 aliphatic heterocycles. The average molecular weight is 992 g/mol. The van der Waals surface area contributed by atoms with Crippen molar-refractivity contribution in [2.75, 3.05) is 18.9 Å². The number of carbonyl (C=O) groups is 3. The van der Waals surface area contributed by atoms with Crippen molar-refractivity contribution in [3.63, 3.8) is 0 Å². The molecule has 0 radical (unpaired) electrons. The van der Waals surface area contributed by atoms with Gasteiger partial charge >= 0.3 is 11.9 Å². The van der Waals surface area contributed by atoms with E-state index in [9.17, 15) is 19.5 Å². The number of benzene rings is 5. The third-order valence-electron chi connectivity index (χ3n) is 15.8. The summed E-state index contributed by atoms with van der Waals surface area (Å²) in [6, 6.07) is 48.2. The molecule has 5 aromatic rings. The molecule has 0 spiro atoms. The Labute approximate surface area is 433 Å². The lowest BCUT2D eigenvalue weighted by Crippen LogP contribution is -2.42. The van der Waals surface area contributed by atoms with Crippen LogP contribution >= 0.6 is 11.8 Å². The van der Waals surface area contributed by atoms with Crippen LogP contribution in [0.4, 0.5) is 0 Å². The van der Waals surface area contributed by atoms with E-state index >= 15 is 0 Å². The number of thioether (sulfide) groups is 1. The predicted molar refractivity (Wildman–Crippen MR) is 289 cm³/mol. The third kappa shape index (κ3) is 13.8. The van der Waals surface area contributed by atoms with E-state index in [2.05, 4.69) is 109 Å². The second kappa shape index (κ2) is 27.1. The van der Waals surface area contributed by atoms with Crippen LogP contribution in [0.1, 0.15) is 137 Å². The second-order valence-corrected chi connectivity index (χ2v) is 21.9. The van der Waals surface area contributed by atoms with Crippen LogP contribution in [-0.2, 0) is 48.1 Å². The number of carbonyl (C=O) groups excluding carboxylic acids is 3. The Balaban J connectivity index is 0.842. The summed E-state index contributed by atoms with van der Waals surface area (Å²) in [6.07, 6.45) is 14.3. The maximum absolute atomic E-state index is 14.4. The number of aliphatic hydroxyl groups is 1. The molecule has 0 saturated heterocycles. The number of amides is 1. The van der Waals surface area contributed by atoms with Crippen LogP contribution in [0.25, 0.3) is 0 Å². The summed E-state index contributed by atoms with van der Waals surface area (Å²) in [7, 11) is 0. The van der Waals surface area contributed by atoms with Crippen LogP contribution < -0.4 is 10.1 Å². The van der Waals surface area contributed by atoms with Gasteiger partial charge in [-0.3, -0.25) is 9.59 Å². The lowest BCUT2D eigenvalue weighted by atomic mass is 9.73. The number of esters is 2. The first-order valence-electron chi connectivity index (χ1n) is 27.2. The highest BCUT2D eigenvalue weighted by Crippen LogP contribution is 2.51. The lowest BCUT2D eigenvalue weighted by molar-refractivity contribution is -0.162. The maximum Gasteiger partial charge on any atom is 0.344 e. The van der Waals surface area contributed by atoms with E-state index in [4.69, 9.17) is 14.2 Å². The average Bonchev–Trinajstić information content (AvgIpc) is 3.76.